The predicted octanol–water partition coefficient (Wildman–Crippen LogP) is 2.33. The minimum absolute atomic E-state index is 0.667. The lowest BCUT2D eigenvalue weighted by molar-refractivity contribution is 0.0106. The molecule has 88 valence electrons. The van der Waals surface area contributed by atoms with E-state index in [1.165, 1.54) is 0 Å². The molecule has 0 amide bonds. The van der Waals surface area contributed by atoms with Gasteiger partial charge < -0.3 is 4.74 Å². The second-order valence-corrected chi connectivity index (χ2v) is 4.51. The van der Waals surface area contributed by atoms with Crippen molar-refractivity contribution in [1.29, 1.82) is 0 Å². The maximum Gasteiger partial charge on any atom is 0.0608 e. The van der Waals surface area contributed by atoms with Gasteiger partial charge in [-0.2, -0.15) is 0 Å². The van der Waals surface area contributed by atoms with Crippen LogP contribution in [0.4, 0.5) is 0 Å². The van der Waals surface area contributed by atoms with Gasteiger partial charge in [0.25, 0.3) is 0 Å². The second kappa shape index (κ2) is 5.84. The van der Waals surface area contributed by atoms with Crippen LogP contribution in [0, 0.1) is 0 Å². The van der Waals surface area contributed by atoms with Gasteiger partial charge in [-0.1, -0.05) is 29.3 Å². The Balaban J connectivity index is 1.88. The Hall–Kier alpha value is -0.320. The maximum absolute atomic E-state index is 6.08. The van der Waals surface area contributed by atoms with Crippen LogP contribution in [-0.4, -0.2) is 31.3 Å². The van der Waals surface area contributed by atoms with Gasteiger partial charge in [0, 0.05) is 29.7 Å². The van der Waals surface area contributed by atoms with Gasteiger partial charge in [0.1, 0.15) is 0 Å². The summed E-state index contributed by atoms with van der Waals surface area (Å²) in [5.41, 5.74) is 4.38. The Bertz CT molecular complexity index is 354. The predicted molar refractivity (Wildman–Crippen MR) is 65.7 cm³/mol. The Kier molecular flexibility index (Phi) is 4.44. The van der Waals surface area contributed by atoms with E-state index in [-0.39, 0.29) is 0 Å². The van der Waals surface area contributed by atoms with E-state index in [1.54, 1.807) is 6.07 Å². The van der Waals surface area contributed by atoms with Crippen LogP contribution in [0.25, 0.3) is 0 Å². The van der Waals surface area contributed by atoms with Crippen molar-refractivity contribution in [2.24, 2.45) is 0 Å². The summed E-state index contributed by atoms with van der Waals surface area (Å²) < 4.78 is 5.27. The van der Waals surface area contributed by atoms with Crippen LogP contribution in [0.15, 0.2) is 18.2 Å². The zero-order chi connectivity index (χ0) is 11.4. The molecule has 0 spiro atoms. The number of hydrogen-bond donors (Lipinski definition) is 1. The third-order valence-electron chi connectivity index (χ3n) is 2.52. The fourth-order valence-corrected chi connectivity index (χ4v) is 2.06. The third-order valence-corrected chi connectivity index (χ3v) is 3.11. The molecule has 1 fully saturated rings. The fraction of sp³-hybridized carbons (Fsp3) is 0.455. The smallest absolute Gasteiger partial charge is 0.0608 e. The first-order chi connectivity index (χ1) is 7.75. The van der Waals surface area contributed by atoms with Crippen molar-refractivity contribution in [1.82, 2.24) is 10.4 Å². The molecule has 3 nitrogen and oxygen atoms in total. The summed E-state index contributed by atoms with van der Waals surface area (Å²) >= 11 is 11.9. The molecule has 1 aliphatic rings. The Morgan fingerprint density at radius 3 is 2.69 bits per heavy atom. The molecular weight excluding hydrogens is 247 g/mol. The van der Waals surface area contributed by atoms with E-state index in [0.29, 0.717) is 10.0 Å². The van der Waals surface area contributed by atoms with Gasteiger partial charge in [0.05, 0.1) is 13.2 Å². The average Bonchev–Trinajstić information content (AvgIpc) is 2.29. The van der Waals surface area contributed by atoms with Crippen molar-refractivity contribution in [3.05, 3.63) is 33.8 Å². The minimum Gasteiger partial charge on any atom is -0.379 e. The number of rotatable bonds is 3. The molecule has 0 bridgehead atoms. The number of ether oxygens (including phenoxy) is 1. The summed E-state index contributed by atoms with van der Waals surface area (Å²) in [7, 11) is 0. The molecule has 1 saturated heterocycles. The van der Waals surface area contributed by atoms with Gasteiger partial charge in [-0.3, -0.25) is 5.43 Å². The second-order valence-electron chi connectivity index (χ2n) is 3.67. The summed E-state index contributed by atoms with van der Waals surface area (Å²) in [6.07, 6.45) is 0. The molecule has 0 aromatic heterocycles. The number of benzene rings is 1. The molecule has 1 aliphatic heterocycles. The molecule has 16 heavy (non-hydrogen) atoms. The third kappa shape index (κ3) is 3.34. The fourth-order valence-electron chi connectivity index (χ4n) is 1.58. The van der Waals surface area contributed by atoms with Crippen LogP contribution in [0.1, 0.15) is 5.56 Å². The quantitative estimate of drug-likeness (QED) is 0.903. The maximum atomic E-state index is 6.08. The highest BCUT2D eigenvalue weighted by Crippen LogP contribution is 2.20. The summed E-state index contributed by atoms with van der Waals surface area (Å²) in [5, 5.41) is 3.52. The molecule has 0 atom stereocenters. The van der Waals surface area contributed by atoms with Crippen molar-refractivity contribution in [3.8, 4) is 0 Å². The minimum atomic E-state index is 0.667. The number of halogens is 2. The van der Waals surface area contributed by atoms with E-state index in [2.05, 4.69) is 10.4 Å². The molecule has 0 unspecified atom stereocenters. The van der Waals surface area contributed by atoms with Crippen molar-refractivity contribution in [2.75, 3.05) is 26.3 Å². The van der Waals surface area contributed by atoms with Crippen LogP contribution in [0.2, 0.25) is 10.0 Å². The standard InChI is InChI=1S/C11H14Cl2N2O/c12-10-2-1-9(11(13)7-10)8-14-15-3-5-16-6-4-15/h1-2,7,14H,3-6,8H2. The molecule has 0 radical (unpaired) electrons. The number of morpholine rings is 1. The number of hydrogen-bond acceptors (Lipinski definition) is 3. The van der Waals surface area contributed by atoms with E-state index in [9.17, 15) is 0 Å². The highest BCUT2D eigenvalue weighted by Gasteiger charge is 2.10. The number of nitrogens with zero attached hydrogens (tertiary/aromatic N) is 1. The van der Waals surface area contributed by atoms with Crippen LogP contribution in [0.5, 0.6) is 0 Å². The first kappa shape index (κ1) is 12.1. The molecule has 1 aromatic carbocycles. The van der Waals surface area contributed by atoms with E-state index in [0.717, 1.165) is 38.4 Å². The molecule has 2 rings (SSSR count). The molecule has 0 aliphatic carbocycles. The Morgan fingerprint density at radius 2 is 2.00 bits per heavy atom. The lowest BCUT2D eigenvalue weighted by Crippen LogP contribution is -2.45. The van der Waals surface area contributed by atoms with Gasteiger partial charge in [0.2, 0.25) is 0 Å². The Morgan fingerprint density at radius 1 is 1.25 bits per heavy atom. The van der Waals surface area contributed by atoms with Crippen molar-refractivity contribution < 1.29 is 4.74 Å². The molecule has 1 aromatic rings. The lowest BCUT2D eigenvalue weighted by Gasteiger charge is -2.27. The molecule has 0 saturated carbocycles. The van der Waals surface area contributed by atoms with Crippen LogP contribution in [0.3, 0.4) is 0 Å². The summed E-state index contributed by atoms with van der Waals surface area (Å²) in [5.74, 6) is 0. The van der Waals surface area contributed by atoms with Gasteiger partial charge >= 0.3 is 0 Å². The first-order valence-corrected chi connectivity index (χ1v) is 6.01. The van der Waals surface area contributed by atoms with E-state index < -0.39 is 0 Å². The molecule has 1 heterocycles. The van der Waals surface area contributed by atoms with E-state index in [4.69, 9.17) is 27.9 Å². The summed E-state index contributed by atoms with van der Waals surface area (Å²) in [6, 6.07) is 5.56. The zero-order valence-corrected chi connectivity index (χ0v) is 10.4. The van der Waals surface area contributed by atoms with Crippen LogP contribution >= 0.6 is 23.2 Å². The monoisotopic (exact) mass is 260 g/mol. The number of nitrogens with one attached hydrogen (secondary N) is 1. The average molecular weight is 261 g/mol. The normalized spacial score (nSPS) is 17.6. The molecular formula is C11H14Cl2N2O. The van der Waals surface area contributed by atoms with Crippen molar-refractivity contribution in [3.63, 3.8) is 0 Å². The molecule has 1 N–H and O–H groups in total. The van der Waals surface area contributed by atoms with Crippen LogP contribution < -0.4 is 5.43 Å². The highest BCUT2D eigenvalue weighted by atomic mass is 35.5. The van der Waals surface area contributed by atoms with Crippen LogP contribution in [-0.2, 0) is 11.3 Å². The summed E-state index contributed by atoms with van der Waals surface area (Å²) in [6.45, 7) is 4.09. The largest absolute Gasteiger partial charge is 0.379 e. The highest BCUT2D eigenvalue weighted by molar-refractivity contribution is 6.35. The van der Waals surface area contributed by atoms with E-state index >= 15 is 0 Å². The van der Waals surface area contributed by atoms with Crippen molar-refractivity contribution >= 4 is 23.2 Å². The van der Waals surface area contributed by atoms with Gasteiger partial charge in [-0.25, -0.2) is 5.01 Å². The van der Waals surface area contributed by atoms with Gasteiger partial charge in [-0.15, -0.1) is 0 Å². The van der Waals surface area contributed by atoms with Gasteiger partial charge in [0.15, 0.2) is 0 Å². The molecule has 5 heteroatoms. The topological polar surface area (TPSA) is 24.5 Å². The summed E-state index contributed by atoms with van der Waals surface area (Å²) in [4.78, 5) is 0. The number of hydrazine groups is 1. The lowest BCUT2D eigenvalue weighted by atomic mass is 10.2. The first-order valence-electron chi connectivity index (χ1n) is 5.26. The Labute approximate surface area is 105 Å². The van der Waals surface area contributed by atoms with E-state index in [1.807, 2.05) is 12.1 Å². The van der Waals surface area contributed by atoms with Crippen molar-refractivity contribution in [2.45, 2.75) is 6.54 Å². The van der Waals surface area contributed by atoms with Gasteiger partial charge in [-0.05, 0) is 17.7 Å². The zero-order valence-electron chi connectivity index (χ0n) is 8.88. The SMILES string of the molecule is Clc1ccc(CNN2CCOCC2)c(Cl)c1.